The Morgan fingerprint density at radius 2 is 1.30 bits per heavy atom. The van der Waals surface area contributed by atoms with Gasteiger partial charge in [-0.15, -0.1) is 0 Å². The summed E-state index contributed by atoms with van der Waals surface area (Å²) in [6.07, 6.45) is 1.92. The van der Waals surface area contributed by atoms with Gasteiger partial charge >= 0.3 is 0 Å². The fraction of sp³-hybridized carbons (Fsp3) is 0. The molecule has 128 valence electrons. The number of hydrogen-bond acceptors (Lipinski definition) is 2. The van der Waals surface area contributed by atoms with E-state index >= 15 is 0 Å². The van der Waals surface area contributed by atoms with Gasteiger partial charge < -0.3 is 0 Å². The zero-order chi connectivity index (χ0) is 18.1. The normalized spacial score (nSPS) is 11.0. The highest BCUT2D eigenvalue weighted by Gasteiger charge is 2.15. The van der Waals surface area contributed by atoms with Crippen LogP contribution in [0.3, 0.4) is 0 Å². The smallest absolute Gasteiger partial charge is 0.164 e. The number of benzene rings is 3. The van der Waals surface area contributed by atoms with Crippen LogP contribution in [0.1, 0.15) is 0 Å². The van der Waals surface area contributed by atoms with Gasteiger partial charge in [0.25, 0.3) is 0 Å². The maximum atomic E-state index is 4.86. The third-order valence-electron chi connectivity index (χ3n) is 4.67. The number of pyridine rings is 1. The van der Waals surface area contributed by atoms with Crippen molar-refractivity contribution in [1.29, 1.82) is 0 Å². The minimum atomic E-state index is 0.849. The van der Waals surface area contributed by atoms with Crippen molar-refractivity contribution in [2.45, 2.75) is 0 Å². The van der Waals surface area contributed by atoms with Crippen molar-refractivity contribution < 1.29 is 0 Å². The summed E-state index contributed by atoms with van der Waals surface area (Å²) < 4.78 is 2.17. The molecule has 0 bridgehead atoms. The molecule has 2 heterocycles. The van der Waals surface area contributed by atoms with E-state index in [2.05, 4.69) is 41.0 Å². The van der Waals surface area contributed by atoms with Crippen LogP contribution >= 0.6 is 0 Å². The second-order valence-corrected chi connectivity index (χ2v) is 6.39. The third kappa shape index (κ3) is 2.79. The SMILES string of the molecule is c1ccc(-c2ccc(-c3nc4ccccc4n3-c3ccccc3)nc2)cc1. The maximum absolute atomic E-state index is 4.86. The average Bonchev–Trinajstić information content (AvgIpc) is 3.15. The van der Waals surface area contributed by atoms with Crippen LogP contribution < -0.4 is 0 Å². The number of hydrogen-bond donors (Lipinski definition) is 0. The first-order valence-electron chi connectivity index (χ1n) is 8.95. The van der Waals surface area contributed by atoms with E-state index in [1.807, 2.05) is 66.9 Å². The molecule has 2 aromatic heterocycles. The lowest BCUT2D eigenvalue weighted by Gasteiger charge is -2.09. The summed E-state index contributed by atoms with van der Waals surface area (Å²) in [4.78, 5) is 9.59. The highest BCUT2D eigenvalue weighted by molar-refractivity contribution is 5.82. The van der Waals surface area contributed by atoms with Crippen molar-refractivity contribution in [1.82, 2.24) is 14.5 Å². The molecule has 0 fully saturated rings. The molecule has 5 aromatic rings. The zero-order valence-corrected chi connectivity index (χ0v) is 14.7. The predicted molar refractivity (Wildman–Crippen MR) is 110 cm³/mol. The number of para-hydroxylation sites is 3. The van der Waals surface area contributed by atoms with Crippen molar-refractivity contribution in [3.05, 3.63) is 103 Å². The first-order valence-corrected chi connectivity index (χ1v) is 8.95. The highest BCUT2D eigenvalue weighted by Crippen LogP contribution is 2.28. The molecule has 0 aliphatic heterocycles. The van der Waals surface area contributed by atoms with Gasteiger partial charge in [0, 0.05) is 17.4 Å². The molecule has 27 heavy (non-hydrogen) atoms. The Morgan fingerprint density at radius 1 is 0.593 bits per heavy atom. The molecule has 0 saturated heterocycles. The zero-order valence-electron chi connectivity index (χ0n) is 14.7. The predicted octanol–water partition coefficient (Wildman–Crippen LogP) is 5.75. The monoisotopic (exact) mass is 347 g/mol. The molecular formula is C24H17N3. The minimum Gasteiger partial charge on any atom is -0.291 e. The summed E-state index contributed by atoms with van der Waals surface area (Å²) in [6.45, 7) is 0. The summed E-state index contributed by atoms with van der Waals surface area (Å²) in [6, 6.07) is 32.9. The van der Waals surface area contributed by atoms with Crippen LogP contribution in [0.5, 0.6) is 0 Å². The topological polar surface area (TPSA) is 30.7 Å². The van der Waals surface area contributed by atoms with Crippen LogP contribution in [0.25, 0.3) is 39.4 Å². The van der Waals surface area contributed by atoms with Crippen LogP contribution in [-0.4, -0.2) is 14.5 Å². The summed E-state index contributed by atoms with van der Waals surface area (Å²) >= 11 is 0. The largest absolute Gasteiger partial charge is 0.291 e. The van der Waals surface area contributed by atoms with Crippen LogP contribution in [0.4, 0.5) is 0 Å². The van der Waals surface area contributed by atoms with Gasteiger partial charge in [0.2, 0.25) is 0 Å². The van der Waals surface area contributed by atoms with Gasteiger partial charge in [-0.1, -0.05) is 66.7 Å². The van der Waals surface area contributed by atoms with Crippen LogP contribution in [0.2, 0.25) is 0 Å². The van der Waals surface area contributed by atoms with E-state index in [1.165, 1.54) is 0 Å². The number of fused-ring (bicyclic) bond motifs is 1. The van der Waals surface area contributed by atoms with E-state index < -0.39 is 0 Å². The lowest BCUT2D eigenvalue weighted by atomic mass is 10.1. The molecule has 5 rings (SSSR count). The standard InChI is InChI=1S/C24H17N3/c1-3-9-18(10-4-1)19-15-16-22(25-17-19)24-26-21-13-7-8-14-23(21)27(24)20-11-5-2-6-12-20/h1-17H. The lowest BCUT2D eigenvalue weighted by molar-refractivity contribution is 1.08. The van der Waals surface area contributed by atoms with Crippen molar-refractivity contribution in [3.63, 3.8) is 0 Å². The summed E-state index contributed by atoms with van der Waals surface area (Å²) in [5, 5.41) is 0. The van der Waals surface area contributed by atoms with Gasteiger partial charge in [-0.2, -0.15) is 0 Å². The van der Waals surface area contributed by atoms with Gasteiger partial charge in [0.1, 0.15) is 5.69 Å². The first-order chi connectivity index (χ1) is 13.4. The maximum Gasteiger partial charge on any atom is 0.164 e. The second kappa shape index (κ2) is 6.54. The van der Waals surface area contributed by atoms with Crippen LogP contribution in [0, 0.1) is 0 Å². The Labute approximate surface area is 157 Å². The third-order valence-corrected chi connectivity index (χ3v) is 4.67. The summed E-state index contributed by atoms with van der Waals surface area (Å²) in [7, 11) is 0. The Morgan fingerprint density at radius 3 is 2.04 bits per heavy atom. The number of rotatable bonds is 3. The molecule has 0 amide bonds. The van der Waals surface area contributed by atoms with E-state index in [0.717, 1.165) is 39.4 Å². The van der Waals surface area contributed by atoms with Crippen molar-refractivity contribution in [3.8, 4) is 28.3 Å². The van der Waals surface area contributed by atoms with E-state index in [9.17, 15) is 0 Å². The van der Waals surface area contributed by atoms with E-state index in [0.29, 0.717) is 0 Å². The molecule has 0 atom stereocenters. The van der Waals surface area contributed by atoms with E-state index in [1.54, 1.807) is 0 Å². The molecule has 0 radical (unpaired) electrons. The van der Waals surface area contributed by atoms with Crippen LogP contribution in [0.15, 0.2) is 103 Å². The Kier molecular flexibility index (Phi) is 3.76. The molecule has 3 aromatic carbocycles. The van der Waals surface area contributed by atoms with E-state index in [-0.39, 0.29) is 0 Å². The summed E-state index contributed by atoms with van der Waals surface area (Å²) in [5.74, 6) is 0.849. The molecular weight excluding hydrogens is 330 g/mol. The van der Waals surface area contributed by atoms with E-state index in [4.69, 9.17) is 9.97 Å². The average molecular weight is 347 g/mol. The second-order valence-electron chi connectivity index (χ2n) is 6.39. The molecule has 3 heteroatoms. The summed E-state index contributed by atoms with van der Waals surface area (Å²) in [5.41, 5.74) is 6.23. The molecule has 0 aliphatic rings. The van der Waals surface area contributed by atoms with Gasteiger partial charge in [0.15, 0.2) is 5.82 Å². The molecule has 0 spiro atoms. The van der Waals surface area contributed by atoms with Gasteiger partial charge in [0.05, 0.1) is 11.0 Å². The number of aromatic nitrogens is 3. The highest BCUT2D eigenvalue weighted by atomic mass is 15.1. The fourth-order valence-corrected chi connectivity index (χ4v) is 3.36. The van der Waals surface area contributed by atoms with Gasteiger partial charge in [-0.05, 0) is 35.9 Å². The molecule has 0 unspecified atom stereocenters. The Balaban J connectivity index is 1.67. The van der Waals surface area contributed by atoms with Crippen LogP contribution in [-0.2, 0) is 0 Å². The molecule has 0 N–H and O–H groups in total. The molecule has 0 saturated carbocycles. The number of imidazole rings is 1. The van der Waals surface area contributed by atoms with Gasteiger partial charge in [-0.25, -0.2) is 4.98 Å². The van der Waals surface area contributed by atoms with Gasteiger partial charge in [-0.3, -0.25) is 9.55 Å². The van der Waals surface area contributed by atoms with Crippen molar-refractivity contribution >= 4 is 11.0 Å². The fourth-order valence-electron chi connectivity index (χ4n) is 3.36. The number of nitrogens with zero attached hydrogens (tertiary/aromatic N) is 3. The van der Waals surface area contributed by atoms with Crippen molar-refractivity contribution in [2.75, 3.05) is 0 Å². The Bertz CT molecular complexity index is 1190. The molecule has 3 nitrogen and oxygen atoms in total. The Hall–Kier alpha value is -3.72. The molecule has 0 aliphatic carbocycles. The van der Waals surface area contributed by atoms with Crippen molar-refractivity contribution in [2.24, 2.45) is 0 Å². The quantitative estimate of drug-likeness (QED) is 0.416. The lowest BCUT2D eigenvalue weighted by Crippen LogP contribution is -1.98. The first kappa shape index (κ1) is 15.5. The minimum absolute atomic E-state index is 0.849.